The quantitative estimate of drug-likeness (QED) is 0.741. The maximum atomic E-state index is 9.29. The predicted molar refractivity (Wildman–Crippen MR) is 55.0 cm³/mol. The van der Waals surface area contributed by atoms with Crippen molar-refractivity contribution in [3.8, 4) is 11.5 Å². The zero-order valence-electron chi connectivity index (χ0n) is 6.66. The molecule has 0 saturated heterocycles. The van der Waals surface area contributed by atoms with E-state index in [2.05, 4.69) is 15.9 Å². The SMILES string of the molecule is Oc1cc(Br)c2cc(O)ccc2c1. The minimum absolute atomic E-state index is 0.213. The fraction of sp³-hybridized carbons (Fsp3) is 0. The van der Waals surface area contributed by atoms with Gasteiger partial charge in [0.05, 0.1) is 0 Å². The summed E-state index contributed by atoms with van der Waals surface area (Å²) in [5, 5.41) is 20.3. The highest BCUT2D eigenvalue weighted by Gasteiger charge is 2.01. The van der Waals surface area contributed by atoms with Gasteiger partial charge in [-0.1, -0.05) is 22.0 Å². The third-order valence-corrected chi connectivity index (χ3v) is 2.53. The maximum absolute atomic E-state index is 9.29. The van der Waals surface area contributed by atoms with Crippen LogP contribution in [0.15, 0.2) is 34.8 Å². The van der Waals surface area contributed by atoms with Gasteiger partial charge in [-0.2, -0.15) is 0 Å². The van der Waals surface area contributed by atoms with Crippen LogP contribution in [0.25, 0.3) is 10.8 Å². The average molecular weight is 239 g/mol. The Morgan fingerprint density at radius 2 is 1.69 bits per heavy atom. The Morgan fingerprint density at radius 3 is 2.46 bits per heavy atom. The van der Waals surface area contributed by atoms with E-state index in [0.717, 1.165) is 15.2 Å². The highest BCUT2D eigenvalue weighted by molar-refractivity contribution is 9.10. The van der Waals surface area contributed by atoms with E-state index >= 15 is 0 Å². The molecule has 0 spiro atoms. The zero-order valence-corrected chi connectivity index (χ0v) is 8.25. The molecule has 2 rings (SSSR count). The summed E-state index contributed by atoms with van der Waals surface area (Å²) in [5.41, 5.74) is 0. The van der Waals surface area contributed by atoms with Crippen LogP contribution in [0.4, 0.5) is 0 Å². The van der Waals surface area contributed by atoms with Crippen LogP contribution in [0, 0.1) is 0 Å². The van der Waals surface area contributed by atoms with E-state index in [0.29, 0.717) is 0 Å². The van der Waals surface area contributed by atoms with Crippen LogP contribution in [0.3, 0.4) is 0 Å². The van der Waals surface area contributed by atoms with E-state index in [1.54, 1.807) is 30.3 Å². The summed E-state index contributed by atoms with van der Waals surface area (Å²) in [6, 6.07) is 8.25. The van der Waals surface area contributed by atoms with E-state index in [1.165, 1.54) is 0 Å². The van der Waals surface area contributed by atoms with Crippen molar-refractivity contribution in [1.82, 2.24) is 0 Å². The third kappa shape index (κ3) is 1.47. The molecule has 3 heteroatoms. The Labute approximate surface area is 83.6 Å². The van der Waals surface area contributed by atoms with Crippen molar-refractivity contribution >= 4 is 26.7 Å². The van der Waals surface area contributed by atoms with Gasteiger partial charge < -0.3 is 10.2 Å². The Kier molecular flexibility index (Phi) is 1.88. The number of phenols is 2. The standard InChI is InChI=1S/C10H7BrO2/c11-10-5-8(13)3-6-1-2-7(12)4-9(6)10/h1-5,12-13H. The molecule has 0 aliphatic heterocycles. The van der Waals surface area contributed by atoms with Gasteiger partial charge in [0.15, 0.2) is 0 Å². The minimum Gasteiger partial charge on any atom is -0.508 e. The first-order valence-corrected chi connectivity index (χ1v) is 4.57. The first-order chi connectivity index (χ1) is 6.16. The summed E-state index contributed by atoms with van der Waals surface area (Å²) in [7, 11) is 0. The second-order valence-corrected chi connectivity index (χ2v) is 3.69. The molecular weight excluding hydrogens is 232 g/mol. The molecular formula is C10H7BrO2. The molecule has 2 nitrogen and oxygen atoms in total. The number of rotatable bonds is 0. The van der Waals surface area contributed by atoms with Crippen LogP contribution in [0.2, 0.25) is 0 Å². The maximum Gasteiger partial charge on any atom is 0.117 e. The van der Waals surface area contributed by atoms with Crippen LogP contribution in [-0.2, 0) is 0 Å². The van der Waals surface area contributed by atoms with Gasteiger partial charge in [0.25, 0.3) is 0 Å². The summed E-state index contributed by atoms with van der Waals surface area (Å²) in [5.74, 6) is 0.434. The number of hydrogen-bond acceptors (Lipinski definition) is 2. The highest BCUT2D eigenvalue weighted by atomic mass is 79.9. The van der Waals surface area contributed by atoms with Gasteiger partial charge in [0.1, 0.15) is 11.5 Å². The van der Waals surface area contributed by atoms with E-state index in [4.69, 9.17) is 0 Å². The van der Waals surface area contributed by atoms with Crippen molar-refractivity contribution in [3.63, 3.8) is 0 Å². The fourth-order valence-electron chi connectivity index (χ4n) is 1.29. The van der Waals surface area contributed by atoms with Gasteiger partial charge in [-0.05, 0) is 35.0 Å². The van der Waals surface area contributed by atoms with Gasteiger partial charge in [0.2, 0.25) is 0 Å². The molecule has 0 saturated carbocycles. The lowest BCUT2D eigenvalue weighted by molar-refractivity contribution is 0.474. The molecule has 66 valence electrons. The number of phenolic OH excluding ortho intramolecular Hbond substituents is 2. The van der Waals surface area contributed by atoms with Crippen LogP contribution >= 0.6 is 15.9 Å². The summed E-state index contributed by atoms with van der Waals surface area (Å²) in [6.07, 6.45) is 0. The fourth-order valence-corrected chi connectivity index (χ4v) is 1.86. The van der Waals surface area contributed by atoms with Gasteiger partial charge in [-0.25, -0.2) is 0 Å². The monoisotopic (exact) mass is 238 g/mol. The molecule has 0 radical (unpaired) electrons. The highest BCUT2D eigenvalue weighted by Crippen LogP contribution is 2.30. The first kappa shape index (κ1) is 8.38. The van der Waals surface area contributed by atoms with Crippen LogP contribution < -0.4 is 0 Å². The van der Waals surface area contributed by atoms with Gasteiger partial charge in [-0.3, -0.25) is 0 Å². The summed E-state index contributed by atoms with van der Waals surface area (Å²) >= 11 is 3.31. The number of aromatic hydroxyl groups is 2. The normalized spacial score (nSPS) is 10.5. The van der Waals surface area contributed by atoms with E-state index in [1.807, 2.05) is 0 Å². The lowest BCUT2D eigenvalue weighted by atomic mass is 10.1. The molecule has 0 aliphatic rings. The molecule has 13 heavy (non-hydrogen) atoms. The summed E-state index contributed by atoms with van der Waals surface area (Å²) < 4.78 is 0.776. The Morgan fingerprint density at radius 1 is 0.923 bits per heavy atom. The Hall–Kier alpha value is -1.22. The van der Waals surface area contributed by atoms with Crippen molar-refractivity contribution in [2.75, 3.05) is 0 Å². The molecule has 0 aromatic heterocycles. The van der Waals surface area contributed by atoms with Crippen LogP contribution in [-0.4, -0.2) is 10.2 Å². The average Bonchev–Trinajstić information content (AvgIpc) is 2.06. The van der Waals surface area contributed by atoms with E-state index in [9.17, 15) is 10.2 Å². The van der Waals surface area contributed by atoms with Crippen molar-refractivity contribution in [2.45, 2.75) is 0 Å². The molecule has 0 aliphatic carbocycles. The number of halogens is 1. The number of hydrogen-bond donors (Lipinski definition) is 2. The van der Waals surface area contributed by atoms with Crippen molar-refractivity contribution < 1.29 is 10.2 Å². The van der Waals surface area contributed by atoms with Crippen molar-refractivity contribution in [3.05, 3.63) is 34.8 Å². The Balaban J connectivity index is 2.87. The lowest BCUT2D eigenvalue weighted by Crippen LogP contribution is -1.75. The van der Waals surface area contributed by atoms with E-state index < -0.39 is 0 Å². The Bertz CT molecular complexity index is 466. The summed E-state index contributed by atoms with van der Waals surface area (Å²) in [6.45, 7) is 0. The molecule has 0 heterocycles. The van der Waals surface area contributed by atoms with Gasteiger partial charge in [-0.15, -0.1) is 0 Å². The van der Waals surface area contributed by atoms with Gasteiger partial charge >= 0.3 is 0 Å². The predicted octanol–water partition coefficient (Wildman–Crippen LogP) is 3.01. The van der Waals surface area contributed by atoms with E-state index in [-0.39, 0.29) is 11.5 Å². The molecule has 0 bridgehead atoms. The molecule has 0 amide bonds. The van der Waals surface area contributed by atoms with Crippen molar-refractivity contribution in [2.24, 2.45) is 0 Å². The third-order valence-electron chi connectivity index (χ3n) is 1.87. The topological polar surface area (TPSA) is 40.5 Å². The molecule has 0 atom stereocenters. The van der Waals surface area contributed by atoms with Crippen molar-refractivity contribution in [1.29, 1.82) is 0 Å². The van der Waals surface area contributed by atoms with Crippen LogP contribution in [0.1, 0.15) is 0 Å². The second-order valence-electron chi connectivity index (χ2n) is 2.83. The number of benzene rings is 2. The smallest absolute Gasteiger partial charge is 0.117 e. The number of fused-ring (bicyclic) bond motifs is 1. The minimum atomic E-state index is 0.213. The van der Waals surface area contributed by atoms with Gasteiger partial charge in [0, 0.05) is 4.47 Å². The van der Waals surface area contributed by atoms with Crippen LogP contribution in [0.5, 0.6) is 11.5 Å². The zero-order chi connectivity index (χ0) is 9.42. The second kappa shape index (κ2) is 2.92. The molecule has 2 aromatic rings. The lowest BCUT2D eigenvalue weighted by Gasteiger charge is -2.02. The molecule has 2 aromatic carbocycles. The largest absolute Gasteiger partial charge is 0.508 e. The molecule has 0 unspecified atom stereocenters. The molecule has 0 fully saturated rings. The molecule has 2 N–H and O–H groups in total. The summed E-state index contributed by atoms with van der Waals surface area (Å²) in [4.78, 5) is 0. The first-order valence-electron chi connectivity index (χ1n) is 3.78.